The minimum atomic E-state index is -0.676. The molecule has 0 fully saturated rings. The molecular weight excluding hydrogens is 428 g/mol. The van der Waals surface area contributed by atoms with Crippen LogP contribution in [0.25, 0.3) is 0 Å². The van der Waals surface area contributed by atoms with Crippen molar-refractivity contribution < 1.29 is 33.4 Å². The first kappa shape index (κ1) is 25.4. The number of para-hydroxylation sites is 2. The van der Waals surface area contributed by atoms with Gasteiger partial charge in [-0.05, 0) is 57.2 Å². The fraction of sp³-hybridized carbons (Fsp3) is 0.333. The van der Waals surface area contributed by atoms with Crippen LogP contribution in [0.15, 0.2) is 48.5 Å². The third-order valence-electron chi connectivity index (χ3n) is 4.13. The van der Waals surface area contributed by atoms with Gasteiger partial charge in [-0.1, -0.05) is 12.1 Å². The zero-order chi connectivity index (χ0) is 24.2. The lowest BCUT2D eigenvalue weighted by atomic mass is 10.2. The highest BCUT2D eigenvalue weighted by atomic mass is 16.5. The van der Waals surface area contributed by atoms with E-state index in [-0.39, 0.29) is 18.9 Å². The van der Waals surface area contributed by atoms with Gasteiger partial charge in [-0.2, -0.15) is 0 Å². The molecular formula is C24H28N2O7. The van der Waals surface area contributed by atoms with Crippen molar-refractivity contribution in [1.82, 2.24) is 0 Å². The van der Waals surface area contributed by atoms with Gasteiger partial charge in [-0.3, -0.25) is 14.4 Å². The number of rotatable bonds is 11. The lowest BCUT2D eigenvalue weighted by molar-refractivity contribution is -0.147. The van der Waals surface area contributed by atoms with Gasteiger partial charge < -0.3 is 24.8 Å². The second-order valence-corrected chi connectivity index (χ2v) is 7.22. The summed E-state index contributed by atoms with van der Waals surface area (Å²) < 4.78 is 15.4. The first-order valence-electron chi connectivity index (χ1n) is 10.6. The number of carbonyl (C=O) groups excluding carboxylic acids is 4. The van der Waals surface area contributed by atoms with Crippen LogP contribution in [0.5, 0.6) is 5.75 Å². The predicted molar refractivity (Wildman–Crippen MR) is 122 cm³/mol. The van der Waals surface area contributed by atoms with Crippen LogP contribution in [0, 0.1) is 0 Å². The van der Waals surface area contributed by atoms with Crippen molar-refractivity contribution in [3.05, 3.63) is 54.1 Å². The quantitative estimate of drug-likeness (QED) is 0.496. The van der Waals surface area contributed by atoms with Crippen LogP contribution < -0.4 is 15.4 Å². The summed E-state index contributed by atoms with van der Waals surface area (Å²) in [5.74, 6) is -1.53. The Balaban J connectivity index is 1.72. The monoisotopic (exact) mass is 456 g/mol. The zero-order valence-corrected chi connectivity index (χ0v) is 18.9. The zero-order valence-electron chi connectivity index (χ0n) is 18.9. The van der Waals surface area contributed by atoms with Crippen molar-refractivity contribution in [2.75, 3.05) is 23.8 Å². The van der Waals surface area contributed by atoms with Crippen molar-refractivity contribution >= 4 is 35.1 Å². The van der Waals surface area contributed by atoms with Crippen LogP contribution in [-0.2, 0) is 23.9 Å². The highest BCUT2D eigenvalue weighted by molar-refractivity contribution is 5.95. The first-order chi connectivity index (χ1) is 15.8. The van der Waals surface area contributed by atoms with Gasteiger partial charge in [0, 0.05) is 12.1 Å². The molecule has 2 rings (SSSR count). The highest BCUT2D eigenvalue weighted by Crippen LogP contribution is 2.23. The molecule has 0 spiro atoms. The normalized spacial score (nSPS) is 10.3. The van der Waals surface area contributed by atoms with Crippen molar-refractivity contribution in [3.8, 4) is 5.75 Å². The predicted octanol–water partition coefficient (Wildman–Crippen LogP) is 3.55. The van der Waals surface area contributed by atoms with Gasteiger partial charge in [0.15, 0.2) is 6.61 Å². The van der Waals surface area contributed by atoms with Crippen LogP contribution in [0.3, 0.4) is 0 Å². The molecule has 9 nitrogen and oxygen atoms in total. The lowest BCUT2D eigenvalue weighted by Crippen LogP contribution is -2.22. The minimum Gasteiger partial charge on any atom is -0.492 e. The van der Waals surface area contributed by atoms with E-state index in [9.17, 15) is 19.2 Å². The third kappa shape index (κ3) is 9.02. The van der Waals surface area contributed by atoms with Crippen molar-refractivity contribution in [2.24, 2.45) is 0 Å². The molecule has 0 unspecified atom stereocenters. The van der Waals surface area contributed by atoms with Gasteiger partial charge in [-0.15, -0.1) is 0 Å². The van der Waals surface area contributed by atoms with Crippen LogP contribution in [0.1, 0.15) is 44.0 Å². The number of hydrogen-bond acceptors (Lipinski definition) is 7. The maximum Gasteiger partial charge on any atom is 0.338 e. The average molecular weight is 456 g/mol. The second-order valence-electron chi connectivity index (χ2n) is 7.22. The van der Waals surface area contributed by atoms with Crippen LogP contribution in [0.4, 0.5) is 11.4 Å². The Morgan fingerprint density at radius 3 is 2.24 bits per heavy atom. The Hall–Kier alpha value is -3.88. The minimum absolute atomic E-state index is 0.120. The summed E-state index contributed by atoms with van der Waals surface area (Å²) in [6.07, 6.45) is -0.535. The van der Waals surface area contributed by atoms with E-state index in [0.29, 0.717) is 29.3 Å². The Labute approximate surface area is 192 Å². The Bertz CT molecular complexity index is 971. The smallest absolute Gasteiger partial charge is 0.338 e. The van der Waals surface area contributed by atoms with Gasteiger partial charge in [0.2, 0.25) is 5.91 Å². The molecule has 0 aliphatic carbocycles. The number of nitrogens with one attached hydrogen (secondary N) is 2. The summed E-state index contributed by atoms with van der Waals surface area (Å²) >= 11 is 0. The molecule has 0 aromatic heterocycles. The summed E-state index contributed by atoms with van der Waals surface area (Å²) in [5.41, 5.74) is 1.32. The van der Waals surface area contributed by atoms with Gasteiger partial charge in [0.05, 0.1) is 30.4 Å². The van der Waals surface area contributed by atoms with E-state index in [1.807, 2.05) is 6.92 Å². The summed E-state index contributed by atoms with van der Waals surface area (Å²) in [6.45, 7) is 5.31. The molecule has 2 aromatic rings. The highest BCUT2D eigenvalue weighted by Gasteiger charge is 2.13. The molecule has 0 aliphatic heterocycles. The molecule has 33 heavy (non-hydrogen) atoms. The number of benzene rings is 2. The standard InChI is InChI=1S/C24H28N2O7/c1-4-31-20-8-6-5-7-19(20)26-22(28)15-32-23(29)14-13-21(27)25-18-11-9-17(10-12-18)24(30)33-16(2)3/h5-12,16H,4,13-15H2,1-3H3,(H,25,27)(H,26,28). The molecule has 2 amide bonds. The third-order valence-corrected chi connectivity index (χ3v) is 4.13. The van der Waals surface area contributed by atoms with Gasteiger partial charge in [-0.25, -0.2) is 4.79 Å². The first-order valence-corrected chi connectivity index (χ1v) is 10.6. The average Bonchev–Trinajstić information content (AvgIpc) is 2.78. The van der Waals surface area contributed by atoms with E-state index in [2.05, 4.69) is 10.6 Å². The van der Waals surface area contributed by atoms with Crippen LogP contribution in [0.2, 0.25) is 0 Å². The maximum absolute atomic E-state index is 12.1. The molecule has 2 N–H and O–H groups in total. The Morgan fingerprint density at radius 1 is 0.879 bits per heavy atom. The second kappa shape index (κ2) is 12.8. The van der Waals surface area contributed by atoms with E-state index in [1.165, 1.54) is 12.1 Å². The fourth-order valence-corrected chi connectivity index (χ4v) is 2.67. The number of ether oxygens (including phenoxy) is 3. The van der Waals surface area contributed by atoms with Crippen LogP contribution in [-0.4, -0.2) is 43.1 Å². The SMILES string of the molecule is CCOc1ccccc1NC(=O)COC(=O)CCC(=O)Nc1ccc(C(=O)OC(C)C)cc1. The summed E-state index contributed by atoms with van der Waals surface area (Å²) in [5, 5.41) is 5.25. The number of hydrogen-bond donors (Lipinski definition) is 2. The topological polar surface area (TPSA) is 120 Å². The van der Waals surface area contributed by atoms with E-state index in [1.54, 1.807) is 50.2 Å². The maximum atomic E-state index is 12.1. The van der Waals surface area contributed by atoms with E-state index in [4.69, 9.17) is 14.2 Å². The number of esters is 2. The molecule has 0 atom stereocenters. The Morgan fingerprint density at radius 2 is 1.58 bits per heavy atom. The van der Waals surface area contributed by atoms with Gasteiger partial charge in [0.25, 0.3) is 5.91 Å². The van der Waals surface area contributed by atoms with Crippen molar-refractivity contribution in [2.45, 2.75) is 39.7 Å². The number of anilines is 2. The van der Waals surface area contributed by atoms with E-state index in [0.717, 1.165) is 0 Å². The molecule has 0 saturated heterocycles. The van der Waals surface area contributed by atoms with Gasteiger partial charge in [0.1, 0.15) is 5.75 Å². The molecule has 0 saturated carbocycles. The molecule has 9 heteroatoms. The van der Waals surface area contributed by atoms with Crippen molar-refractivity contribution in [1.29, 1.82) is 0 Å². The lowest BCUT2D eigenvalue weighted by Gasteiger charge is -2.11. The number of carbonyl (C=O) groups is 4. The molecule has 0 radical (unpaired) electrons. The number of amides is 2. The fourth-order valence-electron chi connectivity index (χ4n) is 2.67. The summed E-state index contributed by atoms with van der Waals surface area (Å²) in [7, 11) is 0. The van der Waals surface area contributed by atoms with Crippen LogP contribution >= 0.6 is 0 Å². The molecule has 0 heterocycles. The molecule has 176 valence electrons. The molecule has 2 aromatic carbocycles. The van der Waals surface area contributed by atoms with Crippen molar-refractivity contribution in [3.63, 3.8) is 0 Å². The summed E-state index contributed by atoms with van der Waals surface area (Å²) in [4.78, 5) is 47.8. The van der Waals surface area contributed by atoms with Gasteiger partial charge >= 0.3 is 11.9 Å². The van der Waals surface area contributed by atoms with E-state index >= 15 is 0 Å². The van der Waals surface area contributed by atoms with E-state index < -0.39 is 30.4 Å². The molecule has 0 aliphatic rings. The Kier molecular flexibility index (Phi) is 9.88. The largest absolute Gasteiger partial charge is 0.492 e. The summed E-state index contributed by atoms with van der Waals surface area (Å²) in [6, 6.07) is 13.1. The molecule has 0 bridgehead atoms.